The summed E-state index contributed by atoms with van der Waals surface area (Å²) in [5, 5.41) is 11.0. The predicted molar refractivity (Wildman–Crippen MR) is 121 cm³/mol. The third-order valence-corrected chi connectivity index (χ3v) is 5.87. The molecular weight excluding hydrogens is 430 g/mol. The van der Waals surface area contributed by atoms with Gasteiger partial charge in [-0.3, -0.25) is 15.0 Å². The van der Waals surface area contributed by atoms with Crippen LogP contribution in [0.3, 0.4) is 0 Å². The third kappa shape index (κ3) is 6.65. The molecule has 1 aliphatic heterocycles. The lowest BCUT2D eigenvalue weighted by Gasteiger charge is -2.24. The number of carbonyl (C=O) groups is 3. The van der Waals surface area contributed by atoms with Gasteiger partial charge < -0.3 is 15.0 Å². The first-order chi connectivity index (χ1) is 15.6. The standard InChI is InChI=1S/C22H23N5O4S/c23-11-6-12-27(16-7-2-1-3-8-16)13-14-31-22(30)26-25-20(28)15-19-21(29)24-17-9-4-5-10-18(17)32-19/h1-5,7-10,19H,6,12-15H2,(H,24,29)(H,25,28)(H,26,30). The zero-order chi connectivity index (χ0) is 22.8. The van der Waals surface area contributed by atoms with Gasteiger partial charge in [-0.25, -0.2) is 10.2 Å². The Kier molecular flexibility index (Phi) is 8.34. The SMILES string of the molecule is N#CCCN(CCOC(=O)NNC(=O)CC1Sc2ccccc2NC1=O)c1ccccc1. The molecule has 0 saturated heterocycles. The Morgan fingerprint density at radius 2 is 1.84 bits per heavy atom. The molecule has 2 aromatic carbocycles. The van der Waals surface area contributed by atoms with Gasteiger partial charge in [0.25, 0.3) is 0 Å². The summed E-state index contributed by atoms with van der Waals surface area (Å²) >= 11 is 1.30. The van der Waals surface area contributed by atoms with E-state index in [-0.39, 0.29) is 18.9 Å². The quantitative estimate of drug-likeness (QED) is 0.525. The number of benzene rings is 2. The van der Waals surface area contributed by atoms with E-state index in [2.05, 4.69) is 22.2 Å². The van der Waals surface area contributed by atoms with Crippen LogP contribution in [0.25, 0.3) is 0 Å². The smallest absolute Gasteiger partial charge is 0.426 e. The van der Waals surface area contributed by atoms with E-state index < -0.39 is 17.3 Å². The van der Waals surface area contributed by atoms with Crippen molar-refractivity contribution in [3.05, 3.63) is 54.6 Å². The first-order valence-corrected chi connectivity index (χ1v) is 10.9. The molecule has 0 bridgehead atoms. The number of para-hydroxylation sites is 2. The first-order valence-electron chi connectivity index (χ1n) is 10.0. The topological polar surface area (TPSA) is 124 Å². The van der Waals surface area contributed by atoms with Crippen LogP contribution in [0.1, 0.15) is 12.8 Å². The summed E-state index contributed by atoms with van der Waals surface area (Å²) in [5.74, 6) is -0.765. The number of amides is 3. The maximum atomic E-state index is 12.2. The second kappa shape index (κ2) is 11.6. The molecule has 0 aliphatic carbocycles. The summed E-state index contributed by atoms with van der Waals surface area (Å²) in [7, 11) is 0. The van der Waals surface area contributed by atoms with Gasteiger partial charge in [0, 0.05) is 23.5 Å². The number of rotatable bonds is 8. The lowest BCUT2D eigenvalue weighted by atomic mass is 10.2. The van der Waals surface area contributed by atoms with Crippen molar-refractivity contribution in [3.63, 3.8) is 0 Å². The van der Waals surface area contributed by atoms with Crippen LogP contribution in [-0.2, 0) is 14.3 Å². The van der Waals surface area contributed by atoms with Crippen LogP contribution in [0.5, 0.6) is 0 Å². The van der Waals surface area contributed by atoms with Crippen molar-refractivity contribution in [2.45, 2.75) is 23.0 Å². The van der Waals surface area contributed by atoms with E-state index in [0.29, 0.717) is 19.5 Å². The number of nitrogens with one attached hydrogen (secondary N) is 3. The molecule has 1 unspecified atom stereocenters. The van der Waals surface area contributed by atoms with Crippen LogP contribution in [0, 0.1) is 11.3 Å². The molecule has 0 saturated carbocycles. The van der Waals surface area contributed by atoms with Crippen molar-refractivity contribution in [1.29, 1.82) is 5.26 Å². The number of nitrogens with zero attached hydrogens (tertiary/aromatic N) is 2. The van der Waals surface area contributed by atoms with Crippen molar-refractivity contribution in [2.24, 2.45) is 0 Å². The molecule has 32 heavy (non-hydrogen) atoms. The minimum atomic E-state index is -0.808. The van der Waals surface area contributed by atoms with E-state index in [4.69, 9.17) is 10.00 Å². The van der Waals surface area contributed by atoms with Crippen LogP contribution in [-0.4, -0.2) is 42.9 Å². The number of anilines is 2. The molecule has 3 amide bonds. The second-order valence-electron chi connectivity index (χ2n) is 6.84. The Morgan fingerprint density at radius 3 is 2.62 bits per heavy atom. The van der Waals surface area contributed by atoms with E-state index in [1.165, 1.54) is 11.8 Å². The highest BCUT2D eigenvalue weighted by Gasteiger charge is 2.28. The van der Waals surface area contributed by atoms with E-state index >= 15 is 0 Å². The molecule has 3 N–H and O–H groups in total. The highest BCUT2D eigenvalue weighted by atomic mass is 32.2. The number of ether oxygens (including phenoxy) is 1. The van der Waals surface area contributed by atoms with Crippen molar-refractivity contribution in [1.82, 2.24) is 10.9 Å². The van der Waals surface area contributed by atoms with Crippen LogP contribution >= 0.6 is 11.8 Å². The molecule has 0 radical (unpaired) electrons. The lowest BCUT2D eigenvalue weighted by molar-refractivity contribution is -0.124. The molecule has 0 aromatic heterocycles. The maximum absolute atomic E-state index is 12.2. The van der Waals surface area contributed by atoms with Crippen LogP contribution < -0.4 is 21.1 Å². The van der Waals surface area contributed by atoms with Crippen molar-refractivity contribution < 1.29 is 19.1 Å². The maximum Gasteiger partial charge on any atom is 0.426 e. The van der Waals surface area contributed by atoms with Crippen molar-refractivity contribution in [3.8, 4) is 6.07 Å². The molecule has 3 rings (SSSR count). The molecule has 0 fully saturated rings. The van der Waals surface area contributed by atoms with E-state index in [0.717, 1.165) is 16.3 Å². The average Bonchev–Trinajstić information content (AvgIpc) is 2.81. The summed E-state index contributed by atoms with van der Waals surface area (Å²) < 4.78 is 5.11. The number of carbonyl (C=O) groups excluding carboxylic acids is 3. The van der Waals surface area contributed by atoms with E-state index in [1.54, 1.807) is 6.07 Å². The normalized spacial score (nSPS) is 14.3. The van der Waals surface area contributed by atoms with Gasteiger partial charge >= 0.3 is 6.09 Å². The minimum Gasteiger partial charge on any atom is -0.446 e. The number of fused-ring (bicyclic) bond motifs is 1. The first kappa shape index (κ1) is 23.0. The molecule has 166 valence electrons. The second-order valence-corrected chi connectivity index (χ2v) is 8.08. The molecule has 10 heteroatoms. The highest BCUT2D eigenvalue weighted by molar-refractivity contribution is 8.01. The van der Waals surface area contributed by atoms with Gasteiger partial charge in [0.05, 0.1) is 30.0 Å². The van der Waals surface area contributed by atoms with E-state index in [1.807, 2.05) is 53.4 Å². The van der Waals surface area contributed by atoms with Crippen molar-refractivity contribution in [2.75, 3.05) is 29.9 Å². The molecule has 9 nitrogen and oxygen atoms in total. The Labute approximate surface area is 190 Å². The van der Waals surface area contributed by atoms with Crippen LogP contribution in [0.2, 0.25) is 0 Å². The molecule has 0 spiro atoms. The molecule has 1 aliphatic rings. The van der Waals surface area contributed by atoms with Gasteiger partial charge in [-0.15, -0.1) is 11.8 Å². The molecule has 1 heterocycles. The molecule has 2 aromatic rings. The Morgan fingerprint density at radius 1 is 1.09 bits per heavy atom. The van der Waals surface area contributed by atoms with Crippen LogP contribution in [0.4, 0.5) is 16.2 Å². The van der Waals surface area contributed by atoms with Gasteiger partial charge in [0.15, 0.2) is 0 Å². The number of hydrogen-bond acceptors (Lipinski definition) is 7. The minimum absolute atomic E-state index is 0.0691. The number of nitriles is 1. The average molecular weight is 454 g/mol. The number of hydrogen-bond donors (Lipinski definition) is 3. The van der Waals surface area contributed by atoms with Crippen molar-refractivity contribution >= 4 is 41.0 Å². The Balaban J connectivity index is 1.39. The fraction of sp³-hybridized carbons (Fsp3) is 0.273. The summed E-state index contributed by atoms with van der Waals surface area (Å²) in [6.45, 7) is 0.970. The molecular formula is C22H23N5O4S. The number of thioether (sulfide) groups is 1. The van der Waals surface area contributed by atoms with Gasteiger partial charge in [-0.2, -0.15) is 5.26 Å². The van der Waals surface area contributed by atoms with Gasteiger partial charge in [0.1, 0.15) is 6.61 Å². The predicted octanol–water partition coefficient (Wildman–Crippen LogP) is 2.67. The summed E-state index contributed by atoms with van der Waals surface area (Å²) in [5.41, 5.74) is 6.10. The number of hydrazine groups is 1. The fourth-order valence-electron chi connectivity index (χ4n) is 3.05. The summed E-state index contributed by atoms with van der Waals surface area (Å²) in [4.78, 5) is 39.0. The monoisotopic (exact) mass is 453 g/mol. The highest BCUT2D eigenvalue weighted by Crippen LogP contribution is 2.36. The zero-order valence-electron chi connectivity index (χ0n) is 17.2. The Hall–Kier alpha value is -3.71. The largest absolute Gasteiger partial charge is 0.446 e. The fourth-order valence-corrected chi connectivity index (χ4v) is 4.16. The van der Waals surface area contributed by atoms with Gasteiger partial charge in [0.2, 0.25) is 11.8 Å². The summed E-state index contributed by atoms with van der Waals surface area (Å²) in [6.07, 6.45) is -0.562. The van der Waals surface area contributed by atoms with E-state index in [9.17, 15) is 14.4 Å². The Bertz CT molecular complexity index is 995. The van der Waals surface area contributed by atoms with Gasteiger partial charge in [-0.05, 0) is 24.3 Å². The van der Waals surface area contributed by atoms with Crippen LogP contribution in [0.15, 0.2) is 59.5 Å². The third-order valence-electron chi connectivity index (χ3n) is 4.59. The zero-order valence-corrected chi connectivity index (χ0v) is 18.1. The lowest BCUT2D eigenvalue weighted by Crippen LogP contribution is -2.44. The summed E-state index contributed by atoms with van der Waals surface area (Å²) in [6, 6.07) is 19.0. The molecule has 1 atom stereocenters. The van der Waals surface area contributed by atoms with Gasteiger partial charge in [-0.1, -0.05) is 30.3 Å².